The Morgan fingerprint density at radius 3 is 2.40 bits per heavy atom. The lowest BCUT2D eigenvalue weighted by Gasteiger charge is -2.24. The molecule has 1 aliphatic heterocycles. The summed E-state index contributed by atoms with van der Waals surface area (Å²) < 4.78 is 13.2. The fraction of sp³-hybridized carbons (Fsp3) is 0.0909. The van der Waals surface area contributed by atoms with E-state index >= 15 is 0 Å². The molecule has 3 aromatic carbocycles. The SMILES string of the molecule is O=C(Nc1ccc([C@@H]2SCC(=O)N2c2ccc(F)cc2)cc1)c1ccc(Cl)cc1Cl. The van der Waals surface area contributed by atoms with Gasteiger partial charge >= 0.3 is 0 Å². The highest BCUT2D eigenvalue weighted by molar-refractivity contribution is 8.00. The van der Waals surface area contributed by atoms with E-state index in [2.05, 4.69) is 5.32 Å². The monoisotopic (exact) mass is 460 g/mol. The molecule has 0 aliphatic carbocycles. The van der Waals surface area contributed by atoms with Gasteiger partial charge in [-0.1, -0.05) is 35.3 Å². The minimum Gasteiger partial charge on any atom is -0.322 e. The molecule has 0 unspecified atom stereocenters. The second-order valence-corrected chi connectivity index (χ2v) is 8.52. The number of nitrogens with one attached hydrogen (secondary N) is 1. The van der Waals surface area contributed by atoms with Gasteiger partial charge in [-0.2, -0.15) is 0 Å². The normalized spacial score (nSPS) is 16.0. The molecule has 1 N–H and O–H groups in total. The van der Waals surface area contributed by atoms with Crippen molar-refractivity contribution in [2.24, 2.45) is 0 Å². The van der Waals surface area contributed by atoms with Gasteiger partial charge in [0.15, 0.2) is 0 Å². The Kier molecular flexibility index (Phi) is 5.99. The Labute approximate surface area is 187 Å². The Balaban J connectivity index is 1.52. The number of hydrogen-bond acceptors (Lipinski definition) is 3. The third kappa shape index (κ3) is 4.31. The molecule has 4 nitrogen and oxygen atoms in total. The van der Waals surface area contributed by atoms with E-state index in [-0.39, 0.29) is 28.0 Å². The Morgan fingerprint density at radius 1 is 1.03 bits per heavy atom. The lowest BCUT2D eigenvalue weighted by atomic mass is 10.1. The number of halogens is 3. The molecule has 0 radical (unpaired) electrons. The molecule has 1 heterocycles. The first-order valence-electron chi connectivity index (χ1n) is 8.98. The fourth-order valence-electron chi connectivity index (χ4n) is 3.15. The minimum atomic E-state index is -0.351. The first kappa shape index (κ1) is 20.7. The Morgan fingerprint density at radius 2 is 1.73 bits per heavy atom. The van der Waals surface area contributed by atoms with Gasteiger partial charge in [0.1, 0.15) is 11.2 Å². The maximum absolute atomic E-state index is 13.2. The number of nitrogens with zero attached hydrogens (tertiary/aromatic N) is 1. The zero-order valence-electron chi connectivity index (χ0n) is 15.4. The van der Waals surface area contributed by atoms with Crippen molar-refractivity contribution in [1.29, 1.82) is 0 Å². The number of hydrogen-bond donors (Lipinski definition) is 1. The van der Waals surface area contributed by atoms with E-state index in [0.717, 1.165) is 5.56 Å². The summed E-state index contributed by atoms with van der Waals surface area (Å²) in [5.41, 5.74) is 2.46. The van der Waals surface area contributed by atoms with Gasteiger partial charge in [-0.3, -0.25) is 14.5 Å². The molecule has 1 fully saturated rings. The fourth-order valence-corrected chi connectivity index (χ4v) is 4.83. The third-order valence-electron chi connectivity index (χ3n) is 4.60. The summed E-state index contributed by atoms with van der Waals surface area (Å²) in [7, 11) is 0. The maximum Gasteiger partial charge on any atom is 0.257 e. The topological polar surface area (TPSA) is 49.4 Å². The maximum atomic E-state index is 13.2. The standard InChI is InChI=1S/C22H15Cl2FN2O2S/c23-14-3-10-18(19(24)11-14)21(29)26-16-6-1-13(2-7-16)22-27(20(28)12-30-22)17-8-4-15(25)5-9-17/h1-11,22H,12H2,(H,26,29)/t22-/m0/s1. The van der Waals surface area contributed by atoms with Crippen LogP contribution in [0.15, 0.2) is 66.7 Å². The van der Waals surface area contributed by atoms with Crippen LogP contribution in [0.25, 0.3) is 0 Å². The second-order valence-electron chi connectivity index (χ2n) is 6.60. The third-order valence-corrected chi connectivity index (χ3v) is 6.36. The highest BCUT2D eigenvalue weighted by Gasteiger charge is 2.34. The molecule has 1 aliphatic rings. The first-order valence-corrected chi connectivity index (χ1v) is 10.8. The molecule has 30 heavy (non-hydrogen) atoms. The highest BCUT2D eigenvalue weighted by atomic mass is 35.5. The quantitative estimate of drug-likeness (QED) is 0.506. The van der Waals surface area contributed by atoms with Crippen LogP contribution in [0.4, 0.5) is 15.8 Å². The number of carbonyl (C=O) groups is 2. The number of rotatable bonds is 4. The zero-order valence-corrected chi connectivity index (χ0v) is 17.8. The van der Waals surface area contributed by atoms with Gasteiger partial charge < -0.3 is 5.32 Å². The Hall–Kier alpha value is -2.54. The van der Waals surface area contributed by atoms with Crippen LogP contribution in [0.5, 0.6) is 0 Å². The summed E-state index contributed by atoms with van der Waals surface area (Å²) in [6.45, 7) is 0. The van der Waals surface area contributed by atoms with Crippen LogP contribution in [0.2, 0.25) is 10.0 Å². The molecule has 4 rings (SSSR count). The first-order chi connectivity index (χ1) is 14.4. The van der Waals surface area contributed by atoms with Crippen molar-refractivity contribution in [1.82, 2.24) is 0 Å². The van der Waals surface area contributed by atoms with E-state index in [1.807, 2.05) is 12.1 Å². The van der Waals surface area contributed by atoms with Crippen molar-refractivity contribution in [2.75, 3.05) is 16.0 Å². The van der Waals surface area contributed by atoms with Crippen molar-refractivity contribution in [3.63, 3.8) is 0 Å². The van der Waals surface area contributed by atoms with Gasteiger partial charge in [0, 0.05) is 16.4 Å². The van der Waals surface area contributed by atoms with E-state index in [4.69, 9.17) is 23.2 Å². The average molecular weight is 461 g/mol. The molecule has 0 aromatic heterocycles. The predicted octanol–water partition coefficient (Wildman–Crippen LogP) is 6.16. The van der Waals surface area contributed by atoms with Crippen molar-refractivity contribution in [3.8, 4) is 0 Å². The highest BCUT2D eigenvalue weighted by Crippen LogP contribution is 2.42. The summed E-state index contributed by atoms with van der Waals surface area (Å²) in [5.74, 6) is -0.389. The van der Waals surface area contributed by atoms with Gasteiger partial charge in [-0.05, 0) is 60.2 Å². The second kappa shape index (κ2) is 8.68. The number of amides is 2. The van der Waals surface area contributed by atoms with Crippen molar-refractivity contribution in [2.45, 2.75) is 5.37 Å². The predicted molar refractivity (Wildman–Crippen MR) is 120 cm³/mol. The molecule has 1 saturated heterocycles. The van der Waals surface area contributed by atoms with E-state index in [0.29, 0.717) is 27.7 Å². The number of thioether (sulfide) groups is 1. The number of anilines is 2. The van der Waals surface area contributed by atoms with Crippen LogP contribution in [0, 0.1) is 5.82 Å². The zero-order chi connectivity index (χ0) is 21.3. The summed E-state index contributed by atoms with van der Waals surface area (Å²) >= 11 is 13.5. The van der Waals surface area contributed by atoms with E-state index in [1.54, 1.807) is 41.3 Å². The van der Waals surface area contributed by atoms with Crippen LogP contribution in [0.3, 0.4) is 0 Å². The Bertz CT molecular complexity index is 1110. The molecule has 0 bridgehead atoms. The molecule has 0 spiro atoms. The molecule has 2 amide bonds. The summed E-state index contributed by atoms with van der Waals surface area (Å²) in [6, 6.07) is 17.8. The van der Waals surface area contributed by atoms with Crippen molar-refractivity contribution < 1.29 is 14.0 Å². The lowest BCUT2D eigenvalue weighted by Crippen LogP contribution is -2.27. The van der Waals surface area contributed by atoms with Gasteiger partial charge in [0.05, 0.1) is 16.3 Å². The lowest BCUT2D eigenvalue weighted by molar-refractivity contribution is -0.115. The number of carbonyl (C=O) groups excluding carboxylic acids is 2. The van der Waals surface area contributed by atoms with Crippen LogP contribution in [-0.2, 0) is 4.79 Å². The molecule has 8 heteroatoms. The van der Waals surface area contributed by atoms with E-state index in [1.165, 1.54) is 30.0 Å². The van der Waals surface area contributed by atoms with Crippen molar-refractivity contribution in [3.05, 3.63) is 93.7 Å². The molecule has 1 atom stereocenters. The van der Waals surface area contributed by atoms with Crippen LogP contribution >= 0.6 is 35.0 Å². The van der Waals surface area contributed by atoms with Crippen LogP contribution in [0.1, 0.15) is 21.3 Å². The largest absolute Gasteiger partial charge is 0.322 e. The minimum absolute atomic E-state index is 0.0358. The van der Waals surface area contributed by atoms with Gasteiger partial charge in [0.25, 0.3) is 5.91 Å². The molecule has 152 valence electrons. The van der Waals surface area contributed by atoms with Gasteiger partial charge in [0.2, 0.25) is 5.91 Å². The number of benzene rings is 3. The molecule has 0 saturated carbocycles. The molecular weight excluding hydrogens is 446 g/mol. The van der Waals surface area contributed by atoms with E-state index in [9.17, 15) is 14.0 Å². The summed E-state index contributed by atoms with van der Waals surface area (Å²) in [6.07, 6.45) is 0. The smallest absolute Gasteiger partial charge is 0.257 e. The average Bonchev–Trinajstić information content (AvgIpc) is 3.10. The van der Waals surface area contributed by atoms with Crippen LogP contribution < -0.4 is 10.2 Å². The van der Waals surface area contributed by atoms with E-state index < -0.39 is 0 Å². The molecule has 3 aromatic rings. The summed E-state index contributed by atoms with van der Waals surface area (Å²) in [5, 5.41) is 3.30. The van der Waals surface area contributed by atoms with Gasteiger partial charge in [-0.25, -0.2) is 4.39 Å². The van der Waals surface area contributed by atoms with Crippen LogP contribution in [-0.4, -0.2) is 17.6 Å². The summed E-state index contributed by atoms with van der Waals surface area (Å²) in [4.78, 5) is 26.5. The molecular formula is C22H15Cl2FN2O2S. The van der Waals surface area contributed by atoms with Crippen molar-refractivity contribution >= 4 is 58.2 Å². The van der Waals surface area contributed by atoms with Gasteiger partial charge in [-0.15, -0.1) is 11.8 Å².